The Labute approximate surface area is 242 Å². The predicted molar refractivity (Wildman–Crippen MR) is 155 cm³/mol. The van der Waals surface area contributed by atoms with Crippen LogP contribution in [0.4, 0.5) is 4.79 Å². The second kappa shape index (κ2) is 10.8. The van der Waals surface area contributed by atoms with Gasteiger partial charge in [-0.2, -0.15) is 10.5 Å². The quantitative estimate of drug-likeness (QED) is 0.284. The molecule has 2 aliphatic rings. The first kappa shape index (κ1) is 26.6. The van der Waals surface area contributed by atoms with Crippen LogP contribution in [0, 0.1) is 22.7 Å². The second-order valence-corrected chi connectivity index (χ2v) is 11.6. The van der Waals surface area contributed by atoms with Crippen LogP contribution < -0.4 is 0 Å². The Kier molecular flexibility index (Phi) is 7.00. The molecule has 41 heavy (non-hydrogen) atoms. The fraction of sp³-hybridized carbons (Fsp3) is 0.281. The van der Waals surface area contributed by atoms with E-state index in [1.807, 2.05) is 17.6 Å². The summed E-state index contributed by atoms with van der Waals surface area (Å²) < 4.78 is 1.16. The van der Waals surface area contributed by atoms with Crippen LogP contribution in [0.25, 0.3) is 10.2 Å². The summed E-state index contributed by atoms with van der Waals surface area (Å²) in [6.07, 6.45) is 1.06. The van der Waals surface area contributed by atoms with Gasteiger partial charge in [0.1, 0.15) is 5.54 Å². The topological polar surface area (TPSA) is 104 Å². The lowest BCUT2D eigenvalue weighted by atomic mass is 9.84. The lowest BCUT2D eigenvalue weighted by molar-refractivity contribution is -0.136. The highest BCUT2D eigenvalue weighted by Crippen LogP contribution is 2.41. The number of likely N-dealkylation sites (tertiary alicyclic amines) is 1. The van der Waals surface area contributed by atoms with Crippen LogP contribution in [-0.4, -0.2) is 50.3 Å². The van der Waals surface area contributed by atoms with Crippen molar-refractivity contribution in [1.29, 1.82) is 10.5 Å². The van der Waals surface area contributed by atoms with Crippen molar-refractivity contribution in [3.05, 3.63) is 100 Å². The number of aromatic nitrogens is 1. The molecule has 3 aromatic carbocycles. The molecular weight excluding hydrogens is 532 g/mol. The van der Waals surface area contributed by atoms with Crippen molar-refractivity contribution in [2.24, 2.45) is 0 Å². The van der Waals surface area contributed by atoms with E-state index in [9.17, 15) is 14.9 Å². The molecule has 8 nitrogen and oxygen atoms in total. The van der Waals surface area contributed by atoms with E-state index >= 15 is 0 Å². The van der Waals surface area contributed by atoms with Gasteiger partial charge in [0.25, 0.3) is 5.91 Å². The summed E-state index contributed by atoms with van der Waals surface area (Å²) in [6.45, 7) is 3.96. The van der Waals surface area contributed by atoms with Crippen LogP contribution in [0.5, 0.6) is 0 Å². The Balaban J connectivity index is 1.26. The number of imide groups is 1. The minimum atomic E-state index is -0.938. The molecule has 0 N–H and O–H groups in total. The summed E-state index contributed by atoms with van der Waals surface area (Å²) in [6, 6.07) is 24.6. The molecule has 1 spiro atoms. The summed E-state index contributed by atoms with van der Waals surface area (Å²) in [7, 11) is 0. The van der Waals surface area contributed by atoms with Crippen molar-refractivity contribution in [2.75, 3.05) is 13.1 Å². The van der Waals surface area contributed by atoms with Gasteiger partial charge >= 0.3 is 6.03 Å². The van der Waals surface area contributed by atoms with Gasteiger partial charge < -0.3 is 4.90 Å². The van der Waals surface area contributed by atoms with Gasteiger partial charge in [0, 0.05) is 25.7 Å². The minimum Gasteiger partial charge on any atom is -0.305 e. The normalized spacial score (nSPS) is 17.6. The summed E-state index contributed by atoms with van der Waals surface area (Å²) >= 11 is 1.63. The SMILES string of the molecule is C[C@H](c1ccc2scnc2c1)N1CCC2(CC1)C(=O)N(Cc1ccc(C#N)cc1)C(=O)N2Cc1ccc(C#N)cc1. The van der Waals surface area contributed by atoms with Crippen LogP contribution in [0.3, 0.4) is 0 Å². The number of piperidine rings is 1. The lowest BCUT2D eigenvalue weighted by Gasteiger charge is -2.44. The van der Waals surface area contributed by atoms with E-state index in [0.717, 1.165) is 21.3 Å². The molecule has 0 radical (unpaired) electrons. The van der Waals surface area contributed by atoms with Crippen LogP contribution in [0.15, 0.2) is 72.2 Å². The van der Waals surface area contributed by atoms with E-state index in [1.54, 1.807) is 52.6 Å². The number of benzene rings is 3. The van der Waals surface area contributed by atoms with Crippen molar-refractivity contribution in [1.82, 2.24) is 19.7 Å². The summed E-state index contributed by atoms with van der Waals surface area (Å²) in [5.41, 5.74) is 5.85. The predicted octanol–water partition coefficient (Wildman–Crippen LogP) is 5.60. The summed E-state index contributed by atoms with van der Waals surface area (Å²) in [4.78, 5) is 38.0. The molecule has 2 fully saturated rings. The third kappa shape index (κ3) is 4.84. The monoisotopic (exact) mass is 560 g/mol. The maximum absolute atomic E-state index is 14.1. The standard InChI is InChI=1S/C32H28N6O2S/c1-22(27-10-11-29-28(16-27)35-21-41-29)36-14-12-32(13-15-36)30(39)37(19-25-6-2-23(17-33)3-7-25)31(40)38(32)20-26-8-4-24(18-34)5-9-26/h2-11,16,21-22H,12-15,19-20H2,1H3/t22-/m1/s1. The smallest absolute Gasteiger partial charge is 0.305 e. The van der Waals surface area contributed by atoms with E-state index in [1.165, 1.54) is 10.5 Å². The van der Waals surface area contributed by atoms with Crippen LogP contribution in [0.2, 0.25) is 0 Å². The number of thiazole rings is 1. The number of nitrogens with zero attached hydrogens (tertiary/aromatic N) is 6. The zero-order chi connectivity index (χ0) is 28.6. The van der Waals surface area contributed by atoms with Crippen molar-refractivity contribution < 1.29 is 9.59 Å². The van der Waals surface area contributed by atoms with E-state index in [-0.39, 0.29) is 31.1 Å². The molecule has 6 rings (SSSR count). The van der Waals surface area contributed by atoms with E-state index < -0.39 is 5.54 Å². The van der Waals surface area contributed by atoms with Crippen molar-refractivity contribution in [3.63, 3.8) is 0 Å². The van der Waals surface area contributed by atoms with Gasteiger partial charge in [0.15, 0.2) is 0 Å². The first-order valence-corrected chi connectivity index (χ1v) is 14.5. The average Bonchev–Trinajstić information content (AvgIpc) is 3.56. The van der Waals surface area contributed by atoms with Gasteiger partial charge in [-0.15, -0.1) is 11.3 Å². The Bertz CT molecular complexity index is 1690. The van der Waals surface area contributed by atoms with Gasteiger partial charge in [0.2, 0.25) is 0 Å². The minimum absolute atomic E-state index is 0.146. The molecule has 0 bridgehead atoms. The van der Waals surface area contributed by atoms with E-state index in [2.05, 4.69) is 47.1 Å². The molecule has 0 aliphatic carbocycles. The molecular formula is C32H28N6O2S. The van der Waals surface area contributed by atoms with Crippen molar-refractivity contribution in [3.8, 4) is 12.1 Å². The number of carbonyl (C=O) groups is 2. The number of urea groups is 1. The average molecular weight is 561 g/mol. The largest absolute Gasteiger partial charge is 0.328 e. The Hall–Kier alpha value is -4.57. The third-order valence-electron chi connectivity index (χ3n) is 8.48. The highest BCUT2D eigenvalue weighted by atomic mass is 32.1. The van der Waals surface area contributed by atoms with Crippen LogP contribution >= 0.6 is 11.3 Å². The molecule has 4 aromatic rings. The molecule has 9 heteroatoms. The lowest BCUT2D eigenvalue weighted by Crippen LogP contribution is -2.56. The molecule has 3 heterocycles. The van der Waals surface area contributed by atoms with Gasteiger partial charge in [-0.05, 0) is 72.9 Å². The number of amides is 3. The van der Waals surface area contributed by atoms with Gasteiger partial charge in [-0.25, -0.2) is 9.78 Å². The van der Waals surface area contributed by atoms with Gasteiger partial charge in [0.05, 0.1) is 45.5 Å². The first-order chi connectivity index (χ1) is 19.9. The highest BCUT2D eigenvalue weighted by molar-refractivity contribution is 7.16. The number of rotatable bonds is 6. The van der Waals surface area contributed by atoms with Gasteiger partial charge in [-0.1, -0.05) is 30.3 Å². The Morgan fingerprint density at radius 2 is 1.51 bits per heavy atom. The van der Waals surface area contributed by atoms with E-state index in [4.69, 9.17) is 5.26 Å². The molecule has 0 unspecified atom stereocenters. The number of nitriles is 2. The molecule has 2 saturated heterocycles. The number of fused-ring (bicyclic) bond motifs is 1. The third-order valence-corrected chi connectivity index (χ3v) is 9.29. The van der Waals surface area contributed by atoms with E-state index in [0.29, 0.717) is 37.1 Å². The molecule has 1 aromatic heterocycles. The molecule has 204 valence electrons. The fourth-order valence-corrected chi connectivity index (χ4v) is 6.64. The summed E-state index contributed by atoms with van der Waals surface area (Å²) in [5.74, 6) is -0.170. The number of carbonyl (C=O) groups excluding carboxylic acids is 2. The first-order valence-electron chi connectivity index (χ1n) is 13.6. The van der Waals surface area contributed by atoms with Crippen LogP contribution in [-0.2, 0) is 17.9 Å². The number of hydrogen-bond donors (Lipinski definition) is 0. The summed E-state index contributed by atoms with van der Waals surface area (Å²) in [5, 5.41) is 18.3. The van der Waals surface area contributed by atoms with Crippen molar-refractivity contribution >= 4 is 33.5 Å². The Morgan fingerprint density at radius 3 is 2.12 bits per heavy atom. The fourth-order valence-electron chi connectivity index (χ4n) is 5.99. The molecule has 0 saturated carbocycles. The van der Waals surface area contributed by atoms with Crippen LogP contribution in [0.1, 0.15) is 53.6 Å². The number of hydrogen-bond acceptors (Lipinski definition) is 7. The maximum atomic E-state index is 14.1. The zero-order valence-corrected chi connectivity index (χ0v) is 23.5. The highest BCUT2D eigenvalue weighted by Gasteiger charge is 2.58. The maximum Gasteiger partial charge on any atom is 0.328 e. The molecule has 3 amide bonds. The van der Waals surface area contributed by atoms with Gasteiger partial charge in [-0.3, -0.25) is 14.6 Å². The zero-order valence-electron chi connectivity index (χ0n) is 22.7. The van der Waals surface area contributed by atoms with Crippen molar-refractivity contribution in [2.45, 2.75) is 44.4 Å². The Morgan fingerprint density at radius 1 is 0.902 bits per heavy atom. The second-order valence-electron chi connectivity index (χ2n) is 10.7. The molecule has 2 aliphatic heterocycles. The molecule has 1 atom stereocenters.